The van der Waals surface area contributed by atoms with Crippen molar-refractivity contribution < 1.29 is 17.9 Å². The van der Waals surface area contributed by atoms with Crippen molar-refractivity contribution in [3.8, 4) is 6.07 Å². The molecule has 1 aromatic heterocycles. The van der Waals surface area contributed by atoms with Gasteiger partial charge >= 0.3 is 0 Å². The Labute approximate surface area is 178 Å². The summed E-state index contributed by atoms with van der Waals surface area (Å²) in [6.45, 7) is 0.815. The molecule has 1 amide bonds. The van der Waals surface area contributed by atoms with Crippen LogP contribution in [0.5, 0.6) is 0 Å². The summed E-state index contributed by atoms with van der Waals surface area (Å²) < 4.78 is 31.2. The second-order valence-corrected chi connectivity index (χ2v) is 10.9. The standard InChI is InChI=1S/C20H19ClN2O4S2/c21-17-5-4-13(29(25,26)12-6-8-27-9-7-12)10-15(17)19(24)23-20-16(11-22)14-2-1-3-18(14)28-20/h4-5,10,12H,1-3,6-9H2,(H,23,24). The third-order valence-corrected chi connectivity index (χ3v) is 9.18. The molecule has 0 radical (unpaired) electrons. The molecule has 6 nitrogen and oxygen atoms in total. The highest BCUT2D eigenvalue weighted by Gasteiger charge is 2.31. The van der Waals surface area contributed by atoms with E-state index in [9.17, 15) is 18.5 Å². The topological polar surface area (TPSA) is 96.3 Å². The molecule has 1 aliphatic heterocycles. The van der Waals surface area contributed by atoms with Crippen LogP contribution in [0.3, 0.4) is 0 Å². The summed E-state index contributed by atoms with van der Waals surface area (Å²) in [6, 6.07) is 6.38. The number of hydrogen-bond acceptors (Lipinski definition) is 6. The molecular formula is C20H19ClN2O4S2. The molecule has 1 saturated heterocycles. The second-order valence-electron chi connectivity index (χ2n) is 7.13. The molecule has 2 aromatic rings. The first-order chi connectivity index (χ1) is 13.9. The van der Waals surface area contributed by atoms with Crippen LogP contribution in [0.4, 0.5) is 5.00 Å². The van der Waals surface area contributed by atoms with Crippen LogP contribution in [-0.4, -0.2) is 32.8 Å². The lowest BCUT2D eigenvalue weighted by atomic mass is 10.1. The molecular weight excluding hydrogens is 432 g/mol. The zero-order chi connectivity index (χ0) is 20.6. The number of hydrogen-bond donors (Lipinski definition) is 1. The summed E-state index contributed by atoms with van der Waals surface area (Å²) in [5.41, 5.74) is 1.59. The minimum Gasteiger partial charge on any atom is -0.381 e. The first-order valence-electron chi connectivity index (χ1n) is 9.39. The molecule has 152 valence electrons. The van der Waals surface area contributed by atoms with Gasteiger partial charge in [-0.2, -0.15) is 5.26 Å². The first-order valence-corrected chi connectivity index (χ1v) is 12.1. The van der Waals surface area contributed by atoms with Crippen LogP contribution in [0.2, 0.25) is 5.02 Å². The molecule has 9 heteroatoms. The summed E-state index contributed by atoms with van der Waals surface area (Å²) in [4.78, 5) is 14.1. The highest BCUT2D eigenvalue weighted by atomic mass is 35.5. The number of halogens is 1. The summed E-state index contributed by atoms with van der Waals surface area (Å²) in [5.74, 6) is -0.518. The third kappa shape index (κ3) is 3.80. The molecule has 1 fully saturated rings. The van der Waals surface area contributed by atoms with E-state index in [0.29, 0.717) is 36.6 Å². The highest BCUT2D eigenvalue weighted by Crippen LogP contribution is 2.39. The molecule has 2 heterocycles. The molecule has 29 heavy (non-hydrogen) atoms. The van der Waals surface area contributed by atoms with E-state index in [1.807, 2.05) is 0 Å². The van der Waals surface area contributed by atoms with Gasteiger partial charge in [-0.3, -0.25) is 4.79 Å². The van der Waals surface area contributed by atoms with Crippen molar-refractivity contribution in [2.24, 2.45) is 0 Å². The van der Waals surface area contributed by atoms with Crippen LogP contribution in [0.15, 0.2) is 23.1 Å². The number of carbonyl (C=O) groups excluding carboxylic acids is 1. The Hall–Kier alpha value is -1.92. The number of benzene rings is 1. The Balaban J connectivity index is 1.63. The summed E-state index contributed by atoms with van der Waals surface area (Å²) in [6.07, 6.45) is 3.62. The van der Waals surface area contributed by atoms with Gasteiger partial charge in [0.15, 0.2) is 9.84 Å². The van der Waals surface area contributed by atoms with Crippen LogP contribution in [0, 0.1) is 11.3 Å². The monoisotopic (exact) mass is 450 g/mol. The lowest BCUT2D eigenvalue weighted by molar-refractivity contribution is 0.0983. The zero-order valence-corrected chi connectivity index (χ0v) is 17.9. The number of carbonyl (C=O) groups is 1. The van der Waals surface area contributed by atoms with E-state index in [4.69, 9.17) is 16.3 Å². The first kappa shape index (κ1) is 20.4. The quantitative estimate of drug-likeness (QED) is 0.760. The van der Waals surface area contributed by atoms with Crippen LogP contribution in [0.25, 0.3) is 0 Å². The van der Waals surface area contributed by atoms with Gasteiger partial charge in [-0.25, -0.2) is 8.42 Å². The number of nitrogens with one attached hydrogen (secondary N) is 1. The van der Waals surface area contributed by atoms with Gasteiger partial charge in [0, 0.05) is 18.1 Å². The minimum atomic E-state index is -3.59. The number of thiophene rings is 1. The second kappa shape index (κ2) is 8.07. The number of aryl methyl sites for hydroxylation is 1. The number of nitriles is 1. The summed E-state index contributed by atoms with van der Waals surface area (Å²) >= 11 is 7.61. The molecule has 4 rings (SSSR count). The number of anilines is 1. The molecule has 0 atom stereocenters. The Morgan fingerprint density at radius 2 is 2.03 bits per heavy atom. The van der Waals surface area contributed by atoms with Crippen molar-refractivity contribution in [2.45, 2.75) is 42.2 Å². The molecule has 1 aromatic carbocycles. The maximum atomic E-state index is 13.0. The summed E-state index contributed by atoms with van der Waals surface area (Å²) in [7, 11) is -3.59. The third-order valence-electron chi connectivity index (χ3n) is 5.38. The van der Waals surface area contributed by atoms with Crippen molar-refractivity contribution in [2.75, 3.05) is 18.5 Å². The number of ether oxygens (including phenoxy) is 1. The van der Waals surface area contributed by atoms with Gasteiger partial charge in [-0.1, -0.05) is 11.6 Å². The molecule has 1 N–H and O–H groups in total. The number of nitrogens with zero attached hydrogens (tertiary/aromatic N) is 1. The SMILES string of the molecule is N#Cc1c(NC(=O)c2cc(S(=O)(=O)C3CCOCC3)ccc2Cl)sc2c1CCC2. The minimum absolute atomic E-state index is 0.0770. The number of sulfone groups is 1. The fourth-order valence-corrected chi connectivity index (χ4v) is 6.99. The van der Waals surface area contributed by atoms with Crippen molar-refractivity contribution in [3.63, 3.8) is 0 Å². The Bertz CT molecular complexity index is 1110. The van der Waals surface area contributed by atoms with Gasteiger partial charge in [-0.05, 0) is 55.9 Å². The molecule has 0 unspecified atom stereocenters. The maximum absolute atomic E-state index is 13.0. The maximum Gasteiger partial charge on any atom is 0.257 e. The average Bonchev–Trinajstić information content (AvgIpc) is 3.29. The predicted molar refractivity (Wildman–Crippen MR) is 111 cm³/mol. The molecule has 0 spiro atoms. The van der Waals surface area contributed by atoms with E-state index >= 15 is 0 Å². The van der Waals surface area contributed by atoms with Gasteiger partial charge in [0.1, 0.15) is 11.1 Å². The highest BCUT2D eigenvalue weighted by molar-refractivity contribution is 7.92. The van der Waals surface area contributed by atoms with Gasteiger partial charge in [-0.15, -0.1) is 11.3 Å². The van der Waals surface area contributed by atoms with Crippen LogP contribution >= 0.6 is 22.9 Å². The van der Waals surface area contributed by atoms with E-state index in [1.54, 1.807) is 0 Å². The largest absolute Gasteiger partial charge is 0.381 e. The molecule has 0 saturated carbocycles. The molecule has 0 bridgehead atoms. The summed E-state index contributed by atoms with van der Waals surface area (Å²) in [5, 5.41) is 12.4. The number of amides is 1. The van der Waals surface area contributed by atoms with E-state index in [1.165, 1.54) is 29.5 Å². The van der Waals surface area contributed by atoms with Crippen molar-refractivity contribution in [3.05, 3.63) is 44.8 Å². The van der Waals surface area contributed by atoms with Crippen molar-refractivity contribution >= 4 is 43.7 Å². The number of rotatable bonds is 4. The van der Waals surface area contributed by atoms with Crippen LogP contribution < -0.4 is 5.32 Å². The lowest BCUT2D eigenvalue weighted by Gasteiger charge is -2.22. The lowest BCUT2D eigenvalue weighted by Crippen LogP contribution is -2.29. The van der Waals surface area contributed by atoms with Crippen molar-refractivity contribution in [1.29, 1.82) is 5.26 Å². The Kier molecular flexibility index (Phi) is 5.67. The predicted octanol–water partition coefficient (Wildman–Crippen LogP) is 3.97. The number of fused-ring (bicyclic) bond motifs is 1. The average molecular weight is 451 g/mol. The van der Waals surface area contributed by atoms with Gasteiger partial charge in [0.25, 0.3) is 5.91 Å². The normalized spacial score (nSPS) is 17.0. The van der Waals surface area contributed by atoms with E-state index in [2.05, 4.69) is 11.4 Å². The zero-order valence-electron chi connectivity index (χ0n) is 15.5. The fraction of sp³-hybridized carbons (Fsp3) is 0.400. The Morgan fingerprint density at radius 1 is 1.28 bits per heavy atom. The van der Waals surface area contributed by atoms with Crippen LogP contribution in [0.1, 0.15) is 45.6 Å². The van der Waals surface area contributed by atoms with Gasteiger partial charge < -0.3 is 10.1 Å². The van der Waals surface area contributed by atoms with E-state index in [0.717, 1.165) is 29.7 Å². The Morgan fingerprint density at radius 3 is 2.76 bits per heavy atom. The smallest absolute Gasteiger partial charge is 0.257 e. The van der Waals surface area contributed by atoms with Crippen LogP contribution in [-0.2, 0) is 27.4 Å². The van der Waals surface area contributed by atoms with Gasteiger partial charge in [0.05, 0.1) is 26.3 Å². The molecule has 2 aliphatic rings. The fourth-order valence-electron chi connectivity index (χ4n) is 3.82. The molecule has 1 aliphatic carbocycles. The van der Waals surface area contributed by atoms with E-state index in [-0.39, 0.29) is 15.5 Å². The van der Waals surface area contributed by atoms with E-state index < -0.39 is 21.0 Å². The van der Waals surface area contributed by atoms with Gasteiger partial charge in [0.2, 0.25) is 0 Å². The van der Waals surface area contributed by atoms with Crippen molar-refractivity contribution in [1.82, 2.24) is 0 Å².